The molecule has 0 unspecified atom stereocenters. The normalized spacial score (nSPS) is 11.8. The zero-order valence-corrected chi connectivity index (χ0v) is 11.4. The molecule has 0 spiro atoms. The highest BCUT2D eigenvalue weighted by molar-refractivity contribution is 5.62. The van der Waals surface area contributed by atoms with Gasteiger partial charge in [0.2, 0.25) is 0 Å². The second-order valence-electron chi connectivity index (χ2n) is 5.50. The van der Waals surface area contributed by atoms with Crippen LogP contribution >= 0.6 is 0 Å². The summed E-state index contributed by atoms with van der Waals surface area (Å²) in [4.78, 5) is 0. The molecule has 0 radical (unpaired) electrons. The molecule has 0 aliphatic heterocycles. The summed E-state index contributed by atoms with van der Waals surface area (Å²) in [6.45, 7) is 8.22. The number of benzene rings is 1. The van der Waals surface area contributed by atoms with Crippen molar-refractivity contribution in [1.82, 2.24) is 9.78 Å². The van der Waals surface area contributed by atoms with Gasteiger partial charge in [0.05, 0.1) is 11.7 Å². The summed E-state index contributed by atoms with van der Waals surface area (Å²) in [5, 5.41) is 4.33. The average Bonchev–Trinajstić information content (AvgIpc) is 2.77. The molecule has 0 aliphatic rings. The first kappa shape index (κ1) is 12.8. The molecule has 0 N–H and O–H groups in total. The summed E-state index contributed by atoms with van der Waals surface area (Å²) < 4.78 is 15.6. The van der Waals surface area contributed by atoms with E-state index in [1.165, 1.54) is 0 Å². The molecule has 0 fully saturated rings. The monoisotopic (exact) mass is 246 g/mol. The molecule has 18 heavy (non-hydrogen) atoms. The third-order valence-corrected chi connectivity index (χ3v) is 3.04. The van der Waals surface area contributed by atoms with Crippen LogP contribution < -0.4 is 0 Å². The van der Waals surface area contributed by atoms with Crippen molar-refractivity contribution in [2.75, 3.05) is 0 Å². The zero-order valence-electron chi connectivity index (χ0n) is 11.4. The molecule has 0 bridgehead atoms. The third kappa shape index (κ3) is 2.45. The lowest BCUT2D eigenvalue weighted by molar-refractivity contribution is 0.355. The van der Waals surface area contributed by atoms with Crippen LogP contribution in [0.3, 0.4) is 0 Å². The predicted molar refractivity (Wildman–Crippen MR) is 72.0 cm³/mol. The summed E-state index contributed by atoms with van der Waals surface area (Å²) in [6.07, 6.45) is 4.46. The van der Waals surface area contributed by atoms with Crippen LogP contribution in [0.15, 0.2) is 30.6 Å². The Morgan fingerprint density at radius 1 is 1.22 bits per heavy atom. The smallest absolute Gasteiger partial charge is 0.127 e. The van der Waals surface area contributed by atoms with Crippen molar-refractivity contribution in [3.8, 4) is 11.1 Å². The van der Waals surface area contributed by atoms with Crippen LogP contribution in [-0.2, 0) is 12.0 Å². The van der Waals surface area contributed by atoms with Crippen LogP contribution in [0, 0.1) is 5.82 Å². The first-order valence-electron chi connectivity index (χ1n) is 6.26. The Morgan fingerprint density at radius 3 is 2.44 bits per heavy atom. The van der Waals surface area contributed by atoms with Crippen molar-refractivity contribution in [3.05, 3.63) is 42.0 Å². The maximum absolute atomic E-state index is 13.7. The topological polar surface area (TPSA) is 17.8 Å². The van der Waals surface area contributed by atoms with Crippen LogP contribution in [0.4, 0.5) is 4.39 Å². The highest BCUT2D eigenvalue weighted by Crippen LogP contribution is 2.24. The van der Waals surface area contributed by atoms with Gasteiger partial charge in [-0.25, -0.2) is 4.39 Å². The lowest BCUT2D eigenvalue weighted by Gasteiger charge is -2.18. The second kappa shape index (κ2) is 4.56. The molecule has 3 heteroatoms. The molecule has 0 aliphatic carbocycles. The van der Waals surface area contributed by atoms with E-state index in [4.69, 9.17) is 0 Å². The first-order chi connectivity index (χ1) is 8.41. The van der Waals surface area contributed by atoms with Gasteiger partial charge >= 0.3 is 0 Å². The summed E-state index contributed by atoms with van der Waals surface area (Å²) in [7, 11) is 0. The molecular weight excluding hydrogens is 227 g/mol. The van der Waals surface area contributed by atoms with Crippen LogP contribution in [0.1, 0.15) is 33.3 Å². The number of rotatable bonds is 2. The fourth-order valence-electron chi connectivity index (χ4n) is 1.85. The minimum Gasteiger partial charge on any atom is -0.267 e. The van der Waals surface area contributed by atoms with Gasteiger partial charge in [-0.2, -0.15) is 5.10 Å². The van der Waals surface area contributed by atoms with E-state index in [0.29, 0.717) is 6.42 Å². The molecule has 1 aromatic heterocycles. The molecule has 2 rings (SSSR count). The minimum atomic E-state index is -0.140. The van der Waals surface area contributed by atoms with E-state index in [1.54, 1.807) is 12.3 Å². The molecule has 96 valence electrons. The third-order valence-electron chi connectivity index (χ3n) is 3.04. The van der Waals surface area contributed by atoms with E-state index in [1.807, 2.05) is 29.9 Å². The lowest BCUT2D eigenvalue weighted by Crippen LogP contribution is -2.21. The Kier molecular flexibility index (Phi) is 3.24. The van der Waals surface area contributed by atoms with Crippen molar-refractivity contribution in [2.24, 2.45) is 0 Å². The molecular formula is C15H19FN2. The van der Waals surface area contributed by atoms with Crippen molar-refractivity contribution in [1.29, 1.82) is 0 Å². The largest absolute Gasteiger partial charge is 0.267 e. The van der Waals surface area contributed by atoms with Crippen LogP contribution in [-0.4, -0.2) is 9.78 Å². The van der Waals surface area contributed by atoms with Gasteiger partial charge in [0.25, 0.3) is 0 Å². The number of hydrogen-bond acceptors (Lipinski definition) is 1. The van der Waals surface area contributed by atoms with Crippen molar-refractivity contribution >= 4 is 0 Å². The molecule has 2 nitrogen and oxygen atoms in total. The Hall–Kier alpha value is -1.64. The summed E-state index contributed by atoms with van der Waals surface area (Å²) in [5.41, 5.74) is 2.52. The maximum Gasteiger partial charge on any atom is 0.127 e. The van der Waals surface area contributed by atoms with Gasteiger partial charge in [-0.1, -0.05) is 19.1 Å². The Labute approximate surface area is 107 Å². The number of aromatic nitrogens is 2. The van der Waals surface area contributed by atoms with E-state index in [9.17, 15) is 4.39 Å². The van der Waals surface area contributed by atoms with Gasteiger partial charge in [-0.05, 0) is 44.4 Å². The average molecular weight is 246 g/mol. The fourth-order valence-corrected chi connectivity index (χ4v) is 1.85. The van der Waals surface area contributed by atoms with Crippen molar-refractivity contribution < 1.29 is 4.39 Å². The number of hydrogen-bond donors (Lipinski definition) is 0. The Morgan fingerprint density at radius 2 is 1.94 bits per heavy atom. The van der Waals surface area contributed by atoms with E-state index >= 15 is 0 Å². The minimum absolute atomic E-state index is 0.0554. The predicted octanol–water partition coefficient (Wildman–Crippen LogP) is 4.01. The SMILES string of the molecule is CCc1ccc(-c2cnn(C(C)(C)C)c2)cc1F. The molecule has 0 saturated heterocycles. The van der Waals surface area contributed by atoms with E-state index in [0.717, 1.165) is 16.7 Å². The van der Waals surface area contributed by atoms with Crippen LogP contribution in [0.2, 0.25) is 0 Å². The Bertz CT molecular complexity index is 550. The summed E-state index contributed by atoms with van der Waals surface area (Å²) >= 11 is 0. The summed E-state index contributed by atoms with van der Waals surface area (Å²) in [6, 6.07) is 5.38. The van der Waals surface area contributed by atoms with Gasteiger partial charge in [-0.3, -0.25) is 4.68 Å². The molecule has 2 aromatic rings. The standard InChI is InChI=1S/C15H19FN2/c1-5-11-6-7-12(8-14(11)16)13-9-17-18(10-13)15(2,3)4/h6-10H,5H2,1-4H3. The quantitative estimate of drug-likeness (QED) is 0.783. The lowest BCUT2D eigenvalue weighted by atomic mass is 10.0. The highest BCUT2D eigenvalue weighted by atomic mass is 19.1. The number of nitrogens with zero attached hydrogens (tertiary/aromatic N) is 2. The zero-order chi connectivity index (χ0) is 13.3. The van der Waals surface area contributed by atoms with Crippen LogP contribution in [0.5, 0.6) is 0 Å². The number of aryl methyl sites for hydroxylation is 1. The van der Waals surface area contributed by atoms with Gasteiger partial charge in [0, 0.05) is 11.8 Å². The van der Waals surface area contributed by atoms with E-state index in [-0.39, 0.29) is 11.4 Å². The van der Waals surface area contributed by atoms with E-state index < -0.39 is 0 Å². The number of halogens is 1. The summed E-state index contributed by atoms with van der Waals surface area (Å²) in [5.74, 6) is -0.140. The van der Waals surface area contributed by atoms with Crippen molar-refractivity contribution in [3.63, 3.8) is 0 Å². The fraction of sp³-hybridized carbons (Fsp3) is 0.400. The van der Waals surface area contributed by atoms with Crippen molar-refractivity contribution in [2.45, 2.75) is 39.7 Å². The second-order valence-corrected chi connectivity index (χ2v) is 5.50. The Balaban J connectivity index is 2.38. The maximum atomic E-state index is 13.7. The highest BCUT2D eigenvalue weighted by Gasteiger charge is 2.14. The molecule has 0 saturated carbocycles. The molecule has 1 heterocycles. The van der Waals surface area contributed by atoms with Gasteiger partial charge in [0.15, 0.2) is 0 Å². The molecule has 0 atom stereocenters. The van der Waals surface area contributed by atoms with Gasteiger partial charge in [-0.15, -0.1) is 0 Å². The first-order valence-corrected chi connectivity index (χ1v) is 6.26. The molecule has 1 aromatic carbocycles. The van der Waals surface area contributed by atoms with Gasteiger partial charge < -0.3 is 0 Å². The van der Waals surface area contributed by atoms with Crippen LogP contribution in [0.25, 0.3) is 11.1 Å². The van der Waals surface area contributed by atoms with E-state index in [2.05, 4.69) is 25.9 Å². The molecule has 0 amide bonds. The van der Waals surface area contributed by atoms with Gasteiger partial charge in [0.1, 0.15) is 5.82 Å².